The lowest BCUT2D eigenvalue weighted by molar-refractivity contribution is -0.130. The largest absolute Gasteiger partial charge is 0.506 e. The van der Waals surface area contributed by atoms with E-state index >= 15 is 0 Å². The number of nitrogens with zero attached hydrogens (tertiary/aromatic N) is 3. The van der Waals surface area contributed by atoms with Crippen LogP contribution in [0.2, 0.25) is 0 Å². The van der Waals surface area contributed by atoms with E-state index in [-0.39, 0.29) is 29.0 Å². The van der Waals surface area contributed by atoms with E-state index in [2.05, 4.69) is 49.5 Å². The zero-order chi connectivity index (χ0) is 23.6. The predicted molar refractivity (Wildman–Crippen MR) is 125 cm³/mol. The summed E-state index contributed by atoms with van der Waals surface area (Å²) in [5.41, 5.74) is 2.86. The number of anilines is 1. The maximum Gasteiger partial charge on any atom is 0.269 e. The third kappa shape index (κ3) is 4.69. The van der Waals surface area contributed by atoms with Crippen LogP contribution in [0.5, 0.6) is 5.75 Å². The van der Waals surface area contributed by atoms with Gasteiger partial charge >= 0.3 is 0 Å². The first-order chi connectivity index (χ1) is 15.0. The molecule has 8 heteroatoms. The summed E-state index contributed by atoms with van der Waals surface area (Å²) in [6.45, 7) is 14.9. The third-order valence-corrected chi connectivity index (χ3v) is 5.65. The van der Waals surface area contributed by atoms with Crippen molar-refractivity contribution in [1.82, 2.24) is 19.8 Å². The predicted octanol–water partition coefficient (Wildman–Crippen LogP) is 2.80. The molecule has 0 bridgehead atoms. The average molecular weight is 438 g/mol. The van der Waals surface area contributed by atoms with Crippen LogP contribution in [-0.4, -0.2) is 50.5 Å². The highest BCUT2D eigenvalue weighted by atomic mass is 16.3. The van der Waals surface area contributed by atoms with Gasteiger partial charge in [-0.25, -0.2) is 4.98 Å². The summed E-state index contributed by atoms with van der Waals surface area (Å²) in [6, 6.07) is 3.54. The van der Waals surface area contributed by atoms with E-state index in [4.69, 9.17) is 0 Å². The van der Waals surface area contributed by atoms with E-state index in [0.717, 1.165) is 11.1 Å². The minimum atomic E-state index is -0.241. The Kier molecular flexibility index (Phi) is 6.43. The molecule has 1 aliphatic heterocycles. The topological polar surface area (TPSA) is 99.5 Å². The van der Waals surface area contributed by atoms with Crippen LogP contribution in [0.25, 0.3) is 6.08 Å². The lowest BCUT2D eigenvalue weighted by atomic mass is 9.83. The van der Waals surface area contributed by atoms with E-state index in [1.807, 2.05) is 6.07 Å². The number of likely N-dealkylation sites (tertiary alicyclic amines) is 1. The van der Waals surface area contributed by atoms with Gasteiger partial charge in [0.05, 0.1) is 24.5 Å². The maximum atomic E-state index is 12.6. The summed E-state index contributed by atoms with van der Waals surface area (Å²) in [6.07, 6.45) is 4.53. The molecule has 2 amide bonds. The number of benzene rings is 1. The van der Waals surface area contributed by atoms with Crippen LogP contribution >= 0.6 is 0 Å². The highest BCUT2D eigenvalue weighted by Crippen LogP contribution is 2.35. The van der Waals surface area contributed by atoms with Gasteiger partial charge in [0.1, 0.15) is 17.3 Å². The molecule has 0 saturated carbocycles. The zero-order valence-corrected chi connectivity index (χ0v) is 19.1. The van der Waals surface area contributed by atoms with Crippen LogP contribution in [0.15, 0.2) is 37.6 Å². The first-order valence-electron chi connectivity index (χ1n) is 10.5. The number of amides is 2. The second-order valence-corrected chi connectivity index (χ2v) is 9.00. The fourth-order valence-electron chi connectivity index (χ4n) is 3.70. The van der Waals surface area contributed by atoms with E-state index in [1.165, 1.54) is 12.3 Å². The van der Waals surface area contributed by atoms with Crippen molar-refractivity contribution in [1.29, 1.82) is 0 Å². The van der Waals surface area contributed by atoms with Gasteiger partial charge in [-0.15, -0.1) is 0 Å². The van der Waals surface area contributed by atoms with Gasteiger partial charge in [-0.3, -0.25) is 9.59 Å². The van der Waals surface area contributed by atoms with E-state index in [9.17, 15) is 14.7 Å². The molecular weight excluding hydrogens is 406 g/mol. The van der Waals surface area contributed by atoms with Crippen molar-refractivity contribution < 1.29 is 14.7 Å². The van der Waals surface area contributed by atoms with Gasteiger partial charge in [0.2, 0.25) is 5.91 Å². The minimum absolute atomic E-state index is 0.0842. The fourth-order valence-corrected chi connectivity index (χ4v) is 3.70. The number of aromatic nitrogens is 2. The number of carbonyl (C=O) groups excluding carboxylic acids is 2. The standard InChI is InChI=1S/C24H31N5O3/c1-7-15-9-20(30)18(10-17(15)24(3,4)5)25-12-21-26-11-19(28(21)6)23(32)27-16-13-29(14-16)22(31)8-2/h7-11,16,25,30H,1-2,12-14H2,3-6H3,(H,27,32). The molecule has 170 valence electrons. The molecule has 3 rings (SSSR count). The average Bonchev–Trinajstić information content (AvgIpc) is 3.08. The first-order valence-corrected chi connectivity index (χ1v) is 10.5. The van der Waals surface area contributed by atoms with Gasteiger partial charge in [0.15, 0.2) is 0 Å². The molecule has 8 nitrogen and oxygen atoms in total. The highest BCUT2D eigenvalue weighted by molar-refractivity contribution is 5.93. The number of hydrogen-bond acceptors (Lipinski definition) is 5. The molecule has 2 heterocycles. The van der Waals surface area contributed by atoms with Crippen molar-refractivity contribution in [2.24, 2.45) is 7.05 Å². The maximum absolute atomic E-state index is 12.6. The summed E-state index contributed by atoms with van der Waals surface area (Å²) in [4.78, 5) is 30.1. The van der Waals surface area contributed by atoms with Crippen molar-refractivity contribution in [2.75, 3.05) is 18.4 Å². The first kappa shape index (κ1) is 23.1. The molecule has 3 N–H and O–H groups in total. The normalized spacial score (nSPS) is 13.9. The summed E-state index contributed by atoms with van der Waals surface area (Å²) in [5, 5.41) is 16.6. The van der Waals surface area contributed by atoms with E-state index in [0.29, 0.717) is 36.8 Å². The summed E-state index contributed by atoms with van der Waals surface area (Å²) < 4.78 is 1.72. The molecule has 1 saturated heterocycles. The smallest absolute Gasteiger partial charge is 0.269 e. The molecule has 0 spiro atoms. The minimum Gasteiger partial charge on any atom is -0.506 e. The number of nitrogens with one attached hydrogen (secondary N) is 2. The molecule has 0 atom stereocenters. The van der Waals surface area contributed by atoms with Crippen LogP contribution in [-0.2, 0) is 23.8 Å². The van der Waals surface area contributed by atoms with Crippen LogP contribution in [0.3, 0.4) is 0 Å². The number of aromatic hydroxyl groups is 1. The zero-order valence-electron chi connectivity index (χ0n) is 19.1. The lowest BCUT2D eigenvalue weighted by Crippen LogP contribution is -2.60. The Balaban J connectivity index is 1.67. The Bertz CT molecular complexity index is 1060. The van der Waals surface area contributed by atoms with Crippen LogP contribution in [0.1, 0.15) is 48.2 Å². The Hall–Kier alpha value is -3.55. The molecule has 1 aliphatic rings. The monoisotopic (exact) mass is 437 g/mol. The van der Waals surface area contributed by atoms with Crippen molar-refractivity contribution in [2.45, 2.75) is 38.8 Å². The van der Waals surface area contributed by atoms with E-state index < -0.39 is 0 Å². The third-order valence-electron chi connectivity index (χ3n) is 5.65. The SMILES string of the molecule is C=CC(=O)N1CC(NC(=O)c2cnc(CNc3cc(C(C)(C)C)c(C=C)cc3O)n2C)C1. The quantitative estimate of drug-likeness (QED) is 0.457. The highest BCUT2D eigenvalue weighted by Gasteiger charge is 2.31. The second-order valence-electron chi connectivity index (χ2n) is 9.00. The number of phenols is 1. The molecule has 32 heavy (non-hydrogen) atoms. The number of hydrogen-bond donors (Lipinski definition) is 3. The van der Waals surface area contributed by atoms with Gasteiger partial charge in [-0.05, 0) is 34.8 Å². The van der Waals surface area contributed by atoms with E-state index in [1.54, 1.807) is 28.7 Å². The van der Waals surface area contributed by atoms with Crippen LogP contribution < -0.4 is 10.6 Å². The molecule has 1 aromatic heterocycles. The molecule has 0 radical (unpaired) electrons. The Morgan fingerprint density at radius 1 is 1.28 bits per heavy atom. The van der Waals surface area contributed by atoms with Crippen molar-refractivity contribution in [3.8, 4) is 5.75 Å². The van der Waals surface area contributed by atoms with Gasteiger partial charge in [0.25, 0.3) is 5.91 Å². The molecule has 0 unspecified atom stereocenters. The fraction of sp³-hybridized carbons (Fsp3) is 0.375. The molecule has 2 aromatic rings. The Morgan fingerprint density at radius 3 is 2.56 bits per heavy atom. The second kappa shape index (κ2) is 8.90. The van der Waals surface area contributed by atoms with Crippen LogP contribution in [0, 0.1) is 0 Å². The number of carbonyl (C=O) groups is 2. The van der Waals surface area contributed by atoms with Gasteiger partial charge in [-0.2, -0.15) is 0 Å². The summed E-state index contributed by atoms with van der Waals surface area (Å²) in [5.74, 6) is 0.402. The Labute approximate surface area is 188 Å². The molecular formula is C24H31N5O3. The summed E-state index contributed by atoms with van der Waals surface area (Å²) in [7, 11) is 1.77. The number of imidazole rings is 1. The van der Waals surface area contributed by atoms with Crippen molar-refractivity contribution in [3.63, 3.8) is 0 Å². The van der Waals surface area contributed by atoms with Gasteiger partial charge in [0, 0.05) is 20.1 Å². The van der Waals surface area contributed by atoms with Crippen molar-refractivity contribution in [3.05, 3.63) is 60.2 Å². The molecule has 0 aliphatic carbocycles. The lowest BCUT2D eigenvalue weighted by Gasteiger charge is -2.38. The number of rotatable bonds is 7. The van der Waals surface area contributed by atoms with Gasteiger partial charge in [-0.1, -0.05) is 40.0 Å². The molecule has 1 aromatic carbocycles. The van der Waals surface area contributed by atoms with Crippen molar-refractivity contribution >= 4 is 23.6 Å². The van der Waals surface area contributed by atoms with Crippen LogP contribution in [0.4, 0.5) is 5.69 Å². The number of phenolic OH excluding ortho intramolecular Hbond substituents is 1. The van der Waals surface area contributed by atoms with Gasteiger partial charge < -0.3 is 25.2 Å². The Morgan fingerprint density at radius 2 is 1.97 bits per heavy atom. The summed E-state index contributed by atoms with van der Waals surface area (Å²) >= 11 is 0. The molecule has 1 fully saturated rings.